The lowest BCUT2D eigenvalue weighted by atomic mass is 10.1. The van der Waals surface area contributed by atoms with Crippen molar-refractivity contribution in [2.24, 2.45) is 0 Å². The highest BCUT2D eigenvalue weighted by Gasteiger charge is 1.93. The molecule has 72 valence electrons. The van der Waals surface area contributed by atoms with E-state index >= 15 is 0 Å². The average molecular weight is 197 g/mol. The Morgan fingerprint density at radius 1 is 1.31 bits per heavy atom. The van der Waals surface area contributed by atoms with Gasteiger partial charge in [0.2, 0.25) is 0 Å². The molecule has 0 atom stereocenters. The van der Waals surface area contributed by atoms with Gasteiger partial charge in [0.1, 0.15) is 0 Å². The van der Waals surface area contributed by atoms with Gasteiger partial charge in [-0.25, -0.2) is 4.79 Å². The van der Waals surface area contributed by atoms with E-state index in [0.717, 1.165) is 12.0 Å². The molecule has 2 N–H and O–H groups in total. The zero-order valence-corrected chi connectivity index (χ0v) is 6.66. The van der Waals surface area contributed by atoms with Gasteiger partial charge < -0.3 is 10.4 Å². The van der Waals surface area contributed by atoms with E-state index in [4.69, 9.17) is 5.11 Å². The molecule has 0 aliphatic rings. The van der Waals surface area contributed by atoms with Crippen molar-refractivity contribution in [3.8, 4) is 0 Å². The topological polar surface area (TPSA) is 49.3 Å². The van der Waals surface area contributed by atoms with Crippen LogP contribution in [0.5, 0.6) is 0 Å². The van der Waals surface area contributed by atoms with E-state index in [1.807, 2.05) is 30.3 Å². The summed E-state index contributed by atoms with van der Waals surface area (Å²) in [5.74, 6) is 0. The molecule has 0 aliphatic carbocycles. The third-order valence-electron chi connectivity index (χ3n) is 1.53. The van der Waals surface area contributed by atoms with E-state index < -0.39 is 6.09 Å². The number of carbonyl (C=O) groups is 1. The van der Waals surface area contributed by atoms with Crippen molar-refractivity contribution >= 4 is 17.1 Å². The van der Waals surface area contributed by atoms with Crippen molar-refractivity contribution in [2.75, 3.05) is 6.54 Å². The molecule has 4 heteroatoms. The predicted octanol–water partition coefficient (Wildman–Crippen LogP) is 0.0451. The Bertz CT molecular complexity index is 251. The van der Waals surface area contributed by atoms with Crippen LogP contribution in [0.15, 0.2) is 30.3 Å². The molecule has 13 heavy (non-hydrogen) atoms. The molecular formula is C9H15NO2Si. The van der Waals surface area contributed by atoms with Gasteiger partial charge in [-0.3, -0.25) is 0 Å². The van der Waals surface area contributed by atoms with Crippen molar-refractivity contribution < 1.29 is 9.90 Å². The summed E-state index contributed by atoms with van der Waals surface area (Å²) in [7, 11) is 0. The number of nitrogens with one attached hydrogen (secondary N) is 1. The quantitative estimate of drug-likeness (QED) is 0.672. The first-order chi connectivity index (χ1) is 5.79. The summed E-state index contributed by atoms with van der Waals surface area (Å²) in [5, 5.41) is 10.6. The van der Waals surface area contributed by atoms with Crippen molar-refractivity contribution in [1.82, 2.24) is 5.32 Å². The first-order valence-electron chi connectivity index (χ1n) is 3.80. The molecule has 0 aliphatic heterocycles. The minimum atomic E-state index is -0.967. The standard InChI is InChI=1S/C9H11NO2.H4Si/c11-9(12)10-7-6-8-4-2-1-3-5-8;/h1-5,10H,6-7H2,(H,11,12);1H4. The fourth-order valence-corrected chi connectivity index (χ4v) is 0.958. The number of rotatable bonds is 3. The van der Waals surface area contributed by atoms with E-state index in [-0.39, 0.29) is 11.0 Å². The molecule has 0 heterocycles. The number of hydrogen-bond donors (Lipinski definition) is 2. The monoisotopic (exact) mass is 197 g/mol. The summed E-state index contributed by atoms with van der Waals surface area (Å²) < 4.78 is 0. The fraction of sp³-hybridized carbons (Fsp3) is 0.222. The summed E-state index contributed by atoms with van der Waals surface area (Å²) in [5.41, 5.74) is 1.14. The van der Waals surface area contributed by atoms with Gasteiger partial charge in [0.05, 0.1) is 0 Å². The second-order valence-corrected chi connectivity index (χ2v) is 2.47. The number of amides is 1. The molecule has 1 rings (SSSR count). The van der Waals surface area contributed by atoms with Gasteiger partial charge in [-0.15, -0.1) is 0 Å². The molecule has 0 aromatic heterocycles. The van der Waals surface area contributed by atoms with Crippen molar-refractivity contribution in [2.45, 2.75) is 6.42 Å². The highest BCUT2D eigenvalue weighted by atomic mass is 28.1. The molecule has 0 bridgehead atoms. The lowest BCUT2D eigenvalue weighted by Crippen LogP contribution is -2.23. The Morgan fingerprint density at radius 2 is 1.92 bits per heavy atom. The van der Waals surface area contributed by atoms with Crippen molar-refractivity contribution in [3.05, 3.63) is 35.9 Å². The average Bonchev–Trinajstić information content (AvgIpc) is 2.05. The van der Waals surface area contributed by atoms with Crippen molar-refractivity contribution in [3.63, 3.8) is 0 Å². The van der Waals surface area contributed by atoms with Gasteiger partial charge in [-0.2, -0.15) is 0 Å². The Kier molecular flexibility index (Phi) is 5.63. The highest BCUT2D eigenvalue weighted by Crippen LogP contribution is 1.97. The van der Waals surface area contributed by atoms with Gasteiger partial charge in [0, 0.05) is 6.54 Å². The van der Waals surface area contributed by atoms with E-state index in [0.29, 0.717) is 6.54 Å². The highest BCUT2D eigenvalue weighted by molar-refractivity contribution is 5.75. The molecular weight excluding hydrogens is 182 g/mol. The van der Waals surface area contributed by atoms with Gasteiger partial charge in [0.15, 0.2) is 0 Å². The molecule has 1 aromatic rings. The zero-order chi connectivity index (χ0) is 8.81. The molecule has 1 aromatic carbocycles. The maximum absolute atomic E-state index is 10.1. The molecule has 0 radical (unpaired) electrons. The maximum Gasteiger partial charge on any atom is 0.404 e. The molecule has 0 unspecified atom stereocenters. The van der Waals surface area contributed by atoms with Crippen LogP contribution in [0.3, 0.4) is 0 Å². The molecule has 0 fully saturated rings. The van der Waals surface area contributed by atoms with Gasteiger partial charge in [-0.1, -0.05) is 30.3 Å². The summed E-state index contributed by atoms with van der Waals surface area (Å²) in [4.78, 5) is 10.1. The number of carboxylic acid groups (broad SMARTS) is 1. The SMILES string of the molecule is O=C(O)NCCc1ccccc1.[SiH4]. The summed E-state index contributed by atoms with van der Waals surface area (Å²) in [6.07, 6.45) is -0.224. The lowest BCUT2D eigenvalue weighted by Gasteiger charge is -2.00. The van der Waals surface area contributed by atoms with Crippen LogP contribution in [0.4, 0.5) is 4.79 Å². The number of hydrogen-bond acceptors (Lipinski definition) is 1. The van der Waals surface area contributed by atoms with E-state index in [1.54, 1.807) is 0 Å². The molecule has 3 nitrogen and oxygen atoms in total. The summed E-state index contributed by atoms with van der Waals surface area (Å²) in [6.45, 7) is 0.472. The Labute approximate surface area is 81.8 Å². The third kappa shape index (κ3) is 5.03. The van der Waals surface area contributed by atoms with Crippen LogP contribution in [0.25, 0.3) is 0 Å². The number of benzene rings is 1. The minimum Gasteiger partial charge on any atom is -0.465 e. The Hall–Kier alpha value is -1.29. The lowest BCUT2D eigenvalue weighted by molar-refractivity contribution is 0.194. The van der Waals surface area contributed by atoms with Crippen LogP contribution < -0.4 is 5.32 Å². The summed E-state index contributed by atoms with van der Waals surface area (Å²) in [6, 6.07) is 9.77. The van der Waals surface area contributed by atoms with Gasteiger partial charge in [0.25, 0.3) is 0 Å². The Morgan fingerprint density at radius 3 is 2.46 bits per heavy atom. The van der Waals surface area contributed by atoms with Crippen LogP contribution in [0, 0.1) is 0 Å². The van der Waals surface area contributed by atoms with E-state index in [1.165, 1.54) is 0 Å². The third-order valence-corrected chi connectivity index (χ3v) is 1.53. The van der Waals surface area contributed by atoms with Crippen LogP contribution in [-0.2, 0) is 6.42 Å². The largest absolute Gasteiger partial charge is 0.465 e. The minimum absolute atomic E-state index is 0. The fourth-order valence-electron chi connectivity index (χ4n) is 0.958. The molecule has 0 spiro atoms. The predicted molar refractivity (Wildman–Crippen MR) is 57.5 cm³/mol. The van der Waals surface area contributed by atoms with E-state index in [2.05, 4.69) is 5.32 Å². The molecule has 1 amide bonds. The summed E-state index contributed by atoms with van der Waals surface area (Å²) >= 11 is 0. The second kappa shape index (κ2) is 6.25. The first-order valence-corrected chi connectivity index (χ1v) is 3.80. The Balaban J connectivity index is 0.00000144. The second-order valence-electron chi connectivity index (χ2n) is 2.47. The van der Waals surface area contributed by atoms with Gasteiger partial charge >= 0.3 is 6.09 Å². The van der Waals surface area contributed by atoms with Gasteiger partial charge in [-0.05, 0) is 22.9 Å². The molecule has 0 saturated heterocycles. The normalized spacial score (nSPS) is 8.62. The van der Waals surface area contributed by atoms with Crippen molar-refractivity contribution in [1.29, 1.82) is 0 Å². The van der Waals surface area contributed by atoms with Crippen LogP contribution >= 0.6 is 0 Å². The molecule has 0 saturated carbocycles. The van der Waals surface area contributed by atoms with Crippen LogP contribution in [0.1, 0.15) is 5.56 Å². The zero-order valence-electron chi connectivity index (χ0n) is 6.66. The van der Waals surface area contributed by atoms with Crippen LogP contribution in [0.2, 0.25) is 0 Å². The smallest absolute Gasteiger partial charge is 0.404 e. The van der Waals surface area contributed by atoms with E-state index in [9.17, 15) is 4.79 Å². The first kappa shape index (κ1) is 11.7. The van der Waals surface area contributed by atoms with Crippen LogP contribution in [-0.4, -0.2) is 28.7 Å². The maximum atomic E-state index is 10.1.